The molecule has 0 saturated carbocycles. The molecule has 0 spiro atoms. The van der Waals surface area contributed by atoms with E-state index in [4.69, 9.17) is 5.73 Å². The smallest absolute Gasteiger partial charge is 0.280 e. The fourth-order valence-electron chi connectivity index (χ4n) is 5.04. The zero-order valence-corrected chi connectivity index (χ0v) is 15.6. The van der Waals surface area contributed by atoms with Gasteiger partial charge in [0.1, 0.15) is 5.84 Å². The molecule has 2 aliphatic heterocycles. The topological polar surface area (TPSA) is 65.3 Å². The van der Waals surface area contributed by atoms with Crippen molar-refractivity contribution < 1.29 is 4.79 Å². The maximum atomic E-state index is 12.9. The molecule has 0 atom stereocenters. The highest BCUT2D eigenvalue weighted by molar-refractivity contribution is 7.97. The maximum Gasteiger partial charge on any atom is 0.280 e. The Balaban J connectivity index is 1.94. The first kappa shape index (κ1) is 14.8. The summed E-state index contributed by atoms with van der Waals surface area (Å²) in [6.07, 6.45) is 0. The van der Waals surface area contributed by atoms with Gasteiger partial charge in [0, 0.05) is 38.1 Å². The van der Waals surface area contributed by atoms with Gasteiger partial charge in [0.05, 0.1) is 28.4 Å². The summed E-state index contributed by atoms with van der Waals surface area (Å²) in [7, 11) is 0. The highest BCUT2D eigenvalue weighted by Gasteiger charge is 2.34. The van der Waals surface area contributed by atoms with Gasteiger partial charge in [-0.1, -0.05) is 36.4 Å². The van der Waals surface area contributed by atoms with Crippen LogP contribution in [0.1, 0.15) is 15.9 Å². The highest BCUT2D eigenvalue weighted by atomic mass is 32.2. The molecule has 134 valence electrons. The molecule has 0 aliphatic carbocycles. The number of thioether (sulfide) groups is 1. The van der Waals surface area contributed by atoms with Crippen LogP contribution in [0.15, 0.2) is 53.5 Å². The maximum absolute atomic E-state index is 12.9. The van der Waals surface area contributed by atoms with Crippen molar-refractivity contribution in [2.45, 2.75) is 11.8 Å². The molecule has 4 heterocycles. The second-order valence-corrected chi connectivity index (χ2v) is 8.28. The monoisotopic (exact) mass is 382 g/mol. The van der Waals surface area contributed by atoms with Crippen molar-refractivity contribution in [2.24, 2.45) is 10.7 Å². The first-order chi connectivity index (χ1) is 13.8. The fraction of sp³-hybridized carbons (Fsp3) is 0.0909. The van der Waals surface area contributed by atoms with Gasteiger partial charge in [-0.3, -0.25) is 4.79 Å². The standard InChI is InChI=1S/C22H14N4OS/c23-21-17-15-11-5-1-3-7-13(11)25-9-28-10-26-14-8-4-2-6-12(14)16(20(26)19(15)25)18(17)22(27)24-21/h1-8H,9-10H2,(H2,23,24,27). The van der Waals surface area contributed by atoms with Crippen molar-refractivity contribution in [1.29, 1.82) is 0 Å². The molecule has 7 rings (SSSR count). The fourth-order valence-corrected chi connectivity index (χ4v) is 6.02. The summed E-state index contributed by atoms with van der Waals surface area (Å²) in [6, 6.07) is 16.7. The number of aromatic nitrogens is 2. The molecular weight excluding hydrogens is 368 g/mol. The number of aliphatic imine (C=N–C) groups is 1. The number of carbonyl (C=O) groups is 1. The molecule has 0 fully saturated rings. The zero-order valence-electron chi connectivity index (χ0n) is 14.8. The number of para-hydroxylation sites is 2. The van der Waals surface area contributed by atoms with Crippen molar-refractivity contribution >= 4 is 67.1 Å². The van der Waals surface area contributed by atoms with Crippen LogP contribution in [0.5, 0.6) is 0 Å². The molecule has 5 nitrogen and oxygen atoms in total. The second-order valence-electron chi connectivity index (χ2n) is 7.35. The summed E-state index contributed by atoms with van der Waals surface area (Å²) in [6.45, 7) is 0. The van der Waals surface area contributed by atoms with Gasteiger partial charge in [0.2, 0.25) is 0 Å². The Morgan fingerprint density at radius 2 is 1.36 bits per heavy atom. The quantitative estimate of drug-likeness (QED) is 0.431. The number of carbonyl (C=O) groups excluding carboxylic acids is 1. The van der Waals surface area contributed by atoms with E-state index in [1.807, 2.05) is 23.9 Å². The molecule has 1 amide bonds. The van der Waals surface area contributed by atoms with E-state index in [1.165, 1.54) is 5.52 Å². The number of amidine groups is 1. The highest BCUT2D eigenvalue weighted by Crippen LogP contribution is 2.46. The number of amides is 1. The lowest BCUT2D eigenvalue weighted by Gasteiger charge is -2.08. The summed E-state index contributed by atoms with van der Waals surface area (Å²) < 4.78 is 4.72. The Hall–Kier alpha value is -3.25. The summed E-state index contributed by atoms with van der Waals surface area (Å²) in [5.74, 6) is 1.81. The zero-order chi connectivity index (χ0) is 18.6. The van der Waals surface area contributed by atoms with Crippen LogP contribution in [0.3, 0.4) is 0 Å². The molecule has 5 aromatic rings. The summed E-state index contributed by atoms with van der Waals surface area (Å²) in [4.78, 5) is 17.1. The Labute approximate surface area is 163 Å². The molecule has 0 unspecified atom stereocenters. The third-order valence-corrected chi connectivity index (χ3v) is 6.93. The minimum Gasteiger partial charge on any atom is -0.383 e. The average molecular weight is 382 g/mol. The van der Waals surface area contributed by atoms with Crippen LogP contribution in [0, 0.1) is 0 Å². The lowest BCUT2D eigenvalue weighted by molar-refractivity contribution is 0.101. The minimum absolute atomic E-state index is 0.231. The molecular formula is C22H14N4OS. The van der Waals surface area contributed by atoms with Gasteiger partial charge in [0.15, 0.2) is 0 Å². The Bertz CT molecular complexity index is 1570. The molecule has 2 N–H and O–H groups in total. The number of nitrogens with two attached hydrogens (primary N) is 1. The number of nitrogens with zero attached hydrogens (tertiary/aromatic N) is 3. The van der Waals surface area contributed by atoms with Gasteiger partial charge >= 0.3 is 0 Å². The normalized spacial score (nSPS) is 15.9. The van der Waals surface area contributed by atoms with Crippen molar-refractivity contribution in [3.05, 3.63) is 59.7 Å². The van der Waals surface area contributed by atoms with Crippen LogP contribution in [-0.2, 0) is 11.8 Å². The van der Waals surface area contributed by atoms with Gasteiger partial charge < -0.3 is 14.9 Å². The van der Waals surface area contributed by atoms with E-state index in [0.29, 0.717) is 11.4 Å². The van der Waals surface area contributed by atoms with E-state index in [-0.39, 0.29) is 5.91 Å². The van der Waals surface area contributed by atoms with E-state index in [0.717, 1.165) is 55.4 Å². The van der Waals surface area contributed by atoms with Crippen LogP contribution in [0.25, 0.3) is 43.6 Å². The number of hydrogen-bond donors (Lipinski definition) is 1. The van der Waals surface area contributed by atoms with Gasteiger partial charge in [-0.25, -0.2) is 0 Å². The van der Waals surface area contributed by atoms with Crippen molar-refractivity contribution in [3.63, 3.8) is 0 Å². The van der Waals surface area contributed by atoms with E-state index in [2.05, 4.69) is 50.5 Å². The molecule has 6 heteroatoms. The van der Waals surface area contributed by atoms with Crippen LogP contribution in [0.2, 0.25) is 0 Å². The predicted molar refractivity (Wildman–Crippen MR) is 115 cm³/mol. The van der Waals surface area contributed by atoms with Crippen LogP contribution >= 0.6 is 11.8 Å². The summed E-state index contributed by atoms with van der Waals surface area (Å²) >= 11 is 1.88. The summed E-state index contributed by atoms with van der Waals surface area (Å²) in [5.41, 5.74) is 12.4. The van der Waals surface area contributed by atoms with Gasteiger partial charge in [0.25, 0.3) is 5.91 Å². The molecule has 0 saturated heterocycles. The van der Waals surface area contributed by atoms with Crippen molar-refractivity contribution in [3.8, 4) is 0 Å². The lowest BCUT2D eigenvalue weighted by atomic mass is 9.96. The molecule has 28 heavy (non-hydrogen) atoms. The Morgan fingerprint density at radius 1 is 0.821 bits per heavy atom. The molecule has 2 aromatic heterocycles. The third-order valence-electron chi connectivity index (χ3n) is 6.05. The van der Waals surface area contributed by atoms with Crippen molar-refractivity contribution in [2.75, 3.05) is 0 Å². The number of hydrogen-bond acceptors (Lipinski definition) is 3. The van der Waals surface area contributed by atoms with E-state index in [9.17, 15) is 4.79 Å². The Morgan fingerprint density at radius 3 is 1.96 bits per heavy atom. The van der Waals surface area contributed by atoms with Crippen LogP contribution in [0.4, 0.5) is 0 Å². The van der Waals surface area contributed by atoms with E-state index >= 15 is 0 Å². The van der Waals surface area contributed by atoms with Crippen molar-refractivity contribution in [1.82, 2.24) is 9.13 Å². The Kier molecular flexibility index (Phi) is 2.52. The predicted octanol–water partition coefficient (Wildman–Crippen LogP) is 4.42. The summed E-state index contributed by atoms with van der Waals surface area (Å²) in [5, 5.41) is 4.26. The van der Waals surface area contributed by atoms with Crippen LogP contribution < -0.4 is 5.73 Å². The second kappa shape index (κ2) is 4.77. The first-order valence-corrected chi connectivity index (χ1v) is 10.4. The lowest BCUT2D eigenvalue weighted by Crippen LogP contribution is -2.11. The molecule has 0 radical (unpaired) electrons. The number of benzene rings is 3. The van der Waals surface area contributed by atoms with Gasteiger partial charge in [-0.15, -0.1) is 11.8 Å². The number of rotatable bonds is 0. The molecule has 2 aliphatic rings. The average Bonchev–Trinajstić information content (AvgIpc) is 3.25. The largest absolute Gasteiger partial charge is 0.383 e. The van der Waals surface area contributed by atoms with E-state index < -0.39 is 0 Å². The van der Waals surface area contributed by atoms with Crippen LogP contribution in [-0.4, -0.2) is 20.9 Å². The first-order valence-electron chi connectivity index (χ1n) is 9.20. The number of fused-ring (bicyclic) bond motifs is 9. The minimum atomic E-state index is -0.231. The van der Waals surface area contributed by atoms with Gasteiger partial charge in [-0.2, -0.15) is 4.99 Å². The van der Waals surface area contributed by atoms with E-state index in [1.54, 1.807) is 0 Å². The third kappa shape index (κ3) is 1.50. The molecule has 3 aromatic carbocycles. The molecule has 0 bridgehead atoms. The van der Waals surface area contributed by atoms with Gasteiger partial charge in [-0.05, 0) is 12.1 Å². The SMILES string of the molecule is NC1=NC(=O)c2c1c1c3ccccc3n3c1c1c2c2ccccc2n1CSC3.